The minimum absolute atomic E-state index is 0.00349. The second-order valence-corrected chi connectivity index (χ2v) is 11.8. The van der Waals surface area contributed by atoms with E-state index in [1.54, 1.807) is 6.92 Å². The van der Waals surface area contributed by atoms with Gasteiger partial charge in [0.2, 0.25) is 0 Å². The number of aliphatic hydroxyl groups is 1. The molecule has 0 saturated heterocycles. The van der Waals surface area contributed by atoms with Crippen LogP contribution in [0.15, 0.2) is 16.8 Å². The fraction of sp³-hybridized carbons (Fsp3) is 0.769. The second kappa shape index (κ2) is 9.54. The van der Waals surface area contributed by atoms with Crippen LogP contribution < -0.4 is 5.32 Å². The smallest absolute Gasteiger partial charge is 0.327 e. The van der Waals surface area contributed by atoms with E-state index in [-0.39, 0.29) is 29.0 Å². The largest absolute Gasteiger partial charge is 0.480 e. The molecule has 3 N–H and O–H groups in total. The van der Waals surface area contributed by atoms with Crippen molar-refractivity contribution in [3.63, 3.8) is 0 Å². The third kappa shape index (κ3) is 4.32. The molecular weight excluding hydrogens is 468 g/mol. The lowest BCUT2D eigenvalue weighted by atomic mass is 9.46. The zero-order valence-electron chi connectivity index (χ0n) is 20.9. The molecule has 1 amide bonds. The van der Waals surface area contributed by atoms with E-state index in [9.17, 15) is 19.5 Å². The molecule has 0 heterocycles. The molecular formula is C26H38N2O6S. The Balaban J connectivity index is 1.43. The lowest BCUT2D eigenvalue weighted by Crippen LogP contribution is -2.57. The number of carbonyl (C=O) groups is 3. The van der Waals surface area contributed by atoms with Gasteiger partial charge in [0, 0.05) is 11.2 Å². The van der Waals surface area contributed by atoms with Crippen LogP contribution >= 0.6 is 12.6 Å². The molecule has 0 aliphatic heterocycles. The number of amides is 1. The van der Waals surface area contributed by atoms with Crippen molar-refractivity contribution in [3.05, 3.63) is 11.6 Å². The first-order valence-corrected chi connectivity index (χ1v) is 13.4. The Morgan fingerprint density at radius 1 is 1.17 bits per heavy atom. The highest BCUT2D eigenvalue weighted by molar-refractivity contribution is 7.80. The highest BCUT2D eigenvalue weighted by atomic mass is 32.1. The third-order valence-corrected chi connectivity index (χ3v) is 10.3. The van der Waals surface area contributed by atoms with Crippen molar-refractivity contribution >= 4 is 36.0 Å². The zero-order chi connectivity index (χ0) is 25.6. The molecule has 0 aromatic heterocycles. The number of allylic oxidation sites excluding steroid dienone is 2. The fourth-order valence-corrected chi connectivity index (χ4v) is 8.08. The Kier molecular flexibility index (Phi) is 7.14. The van der Waals surface area contributed by atoms with E-state index in [2.05, 4.69) is 43.0 Å². The number of fused-ring (bicyclic) bond motifs is 5. The summed E-state index contributed by atoms with van der Waals surface area (Å²) in [7, 11) is 0. The first-order valence-electron chi connectivity index (χ1n) is 12.7. The number of ketones is 1. The van der Waals surface area contributed by atoms with Crippen molar-refractivity contribution < 1.29 is 29.4 Å². The van der Waals surface area contributed by atoms with Gasteiger partial charge in [0.25, 0.3) is 5.91 Å². The lowest BCUT2D eigenvalue weighted by Gasteiger charge is -2.59. The average molecular weight is 507 g/mol. The van der Waals surface area contributed by atoms with Crippen molar-refractivity contribution in [2.45, 2.75) is 83.8 Å². The number of rotatable bonds is 7. The standard InChI is InChI=1S/C26H38N2O6S/c1-15(29)26(33)11-8-20-18-5-4-16-12-17(28-34-13-22(30)27-21(14-35)23(31)32)6-9-24(16,2)19(18)7-10-25(20,26)3/h12,18-21,33,35H,4-11,13-14H2,1-3H3,(H,27,30)(H,31,32)/b28-17-/t18-,19+,20+,21+,24+,25+,26+/m1/s1. The van der Waals surface area contributed by atoms with E-state index in [1.165, 1.54) is 5.57 Å². The summed E-state index contributed by atoms with van der Waals surface area (Å²) in [5.41, 5.74) is 0.729. The fourth-order valence-electron chi connectivity index (χ4n) is 7.83. The van der Waals surface area contributed by atoms with E-state index in [1.807, 2.05) is 0 Å². The normalized spacial score (nSPS) is 40.1. The third-order valence-electron chi connectivity index (χ3n) is 9.90. The Morgan fingerprint density at radius 3 is 2.54 bits per heavy atom. The van der Waals surface area contributed by atoms with Crippen LogP contribution in [0.5, 0.6) is 0 Å². The monoisotopic (exact) mass is 506 g/mol. The summed E-state index contributed by atoms with van der Waals surface area (Å²) in [4.78, 5) is 40.6. The number of thiol groups is 1. The molecule has 4 aliphatic carbocycles. The number of nitrogens with one attached hydrogen (secondary N) is 1. The van der Waals surface area contributed by atoms with Crippen molar-refractivity contribution in [2.24, 2.45) is 33.7 Å². The Bertz CT molecular complexity index is 965. The zero-order valence-corrected chi connectivity index (χ0v) is 21.8. The first-order chi connectivity index (χ1) is 16.5. The van der Waals surface area contributed by atoms with Crippen LogP contribution in [0.1, 0.15) is 72.1 Å². The maximum absolute atomic E-state index is 12.4. The van der Waals surface area contributed by atoms with Gasteiger partial charge in [-0.3, -0.25) is 9.59 Å². The summed E-state index contributed by atoms with van der Waals surface area (Å²) >= 11 is 3.93. The van der Waals surface area contributed by atoms with Crippen LogP contribution in [0.25, 0.3) is 0 Å². The number of carboxylic acids is 1. The number of hydrogen-bond donors (Lipinski definition) is 4. The van der Waals surface area contributed by atoms with E-state index in [4.69, 9.17) is 9.94 Å². The number of carbonyl (C=O) groups excluding carboxylic acids is 2. The number of nitrogens with zero attached hydrogens (tertiary/aromatic N) is 1. The Hall–Kier alpha value is -1.87. The van der Waals surface area contributed by atoms with E-state index < -0.39 is 23.5 Å². The minimum atomic E-state index is -1.19. The van der Waals surface area contributed by atoms with Crippen LogP contribution in [-0.4, -0.2) is 57.6 Å². The number of carboxylic acid groups (broad SMARTS) is 1. The molecule has 3 saturated carbocycles. The molecule has 7 atom stereocenters. The van der Waals surface area contributed by atoms with Crippen molar-refractivity contribution in [1.82, 2.24) is 5.32 Å². The molecule has 194 valence electrons. The maximum atomic E-state index is 12.4. The Morgan fingerprint density at radius 2 is 1.89 bits per heavy atom. The van der Waals surface area contributed by atoms with Crippen molar-refractivity contribution in [2.75, 3.05) is 12.4 Å². The van der Waals surface area contributed by atoms with Crippen molar-refractivity contribution in [1.29, 1.82) is 0 Å². The minimum Gasteiger partial charge on any atom is -0.480 e. The van der Waals surface area contributed by atoms with Gasteiger partial charge in [-0.05, 0) is 87.5 Å². The lowest BCUT2D eigenvalue weighted by molar-refractivity contribution is -0.159. The predicted molar refractivity (Wildman–Crippen MR) is 134 cm³/mol. The number of Topliss-reactive ketones (excluding diaryl/α,β-unsaturated/α-hetero) is 1. The van der Waals surface area contributed by atoms with Gasteiger partial charge in [-0.2, -0.15) is 12.6 Å². The first kappa shape index (κ1) is 26.2. The number of hydrogen-bond acceptors (Lipinski definition) is 7. The molecule has 8 nitrogen and oxygen atoms in total. The van der Waals surface area contributed by atoms with Crippen LogP contribution in [-0.2, 0) is 19.2 Å². The van der Waals surface area contributed by atoms with Crippen LogP contribution in [0, 0.1) is 28.6 Å². The van der Waals surface area contributed by atoms with E-state index in [0.717, 1.165) is 50.7 Å². The van der Waals surface area contributed by atoms with Gasteiger partial charge < -0.3 is 20.4 Å². The second-order valence-electron chi connectivity index (χ2n) is 11.4. The van der Waals surface area contributed by atoms with Gasteiger partial charge in [0.1, 0.15) is 11.6 Å². The number of aliphatic carboxylic acids is 1. The molecule has 0 aromatic carbocycles. The summed E-state index contributed by atoms with van der Waals surface area (Å²) < 4.78 is 0. The van der Waals surface area contributed by atoms with E-state index in [0.29, 0.717) is 24.2 Å². The molecule has 9 heteroatoms. The molecule has 4 aliphatic rings. The SMILES string of the molecule is CC(=O)[C@@]1(O)CC[C@H]2[C@@H]3CCC4=C/C(=N\OCC(=O)N[C@@H](CS)C(=O)O)CC[C@]4(C)[C@H]3CC[C@@]21C. The van der Waals surface area contributed by atoms with E-state index >= 15 is 0 Å². The average Bonchev–Trinajstić information content (AvgIpc) is 3.09. The van der Waals surface area contributed by atoms with Gasteiger partial charge in [-0.15, -0.1) is 0 Å². The maximum Gasteiger partial charge on any atom is 0.327 e. The summed E-state index contributed by atoms with van der Waals surface area (Å²) in [5, 5.41) is 26.8. The molecule has 0 bridgehead atoms. The molecule has 4 rings (SSSR count). The van der Waals surface area contributed by atoms with Gasteiger partial charge >= 0.3 is 5.97 Å². The Labute approximate surface area is 212 Å². The number of oxime groups is 1. The molecule has 0 unspecified atom stereocenters. The van der Waals surface area contributed by atoms with Gasteiger partial charge in [-0.25, -0.2) is 4.79 Å². The van der Waals surface area contributed by atoms with Gasteiger partial charge in [-0.1, -0.05) is 24.6 Å². The highest BCUT2D eigenvalue weighted by Crippen LogP contribution is 2.67. The summed E-state index contributed by atoms with van der Waals surface area (Å²) in [6, 6.07) is -1.06. The molecule has 0 radical (unpaired) electrons. The molecule has 0 spiro atoms. The molecule has 3 fully saturated rings. The quantitative estimate of drug-likeness (QED) is 0.311. The molecule has 35 heavy (non-hydrogen) atoms. The topological polar surface area (TPSA) is 125 Å². The molecule has 0 aromatic rings. The van der Waals surface area contributed by atoms with Crippen molar-refractivity contribution in [3.8, 4) is 0 Å². The van der Waals surface area contributed by atoms with Gasteiger partial charge in [0.15, 0.2) is 12.4 Å². The predicted octanol–water partition coefficient (Wildman–Crippen LogP) is 3.14. The van der Waals surface area contributed by atoms with Crippen LogP contribution in [0.3, 0.4) is 0 Å². The van der Waals surface area contributed by atoms with Gasteiger partial charge in [0.05, 0.1) is 5.71 Å². The summed E-state index contributed by atoms with van der Waals surface area (Å²) in [6.07, 6.45) is 9.23. The summed E-state index contributed by atoms with van der Waals surface area (Å²) in [5.74, 6) is -0.363. The van der Waals surface area contributed by atoms with Crippen LogP contribution in [0.4, 0.5) is 0 Å². The van der Waals surface area contributed by atoms with Crippen LogP contribution in [0.2, 0.25) is 0 Å². The highest BCUT2D eigenvalue weighted by Gasteiger charge is 2.65. The summed E-state index contributed by atoms with van der Waals surface area (Å²) in [6.45, 7) is 5.70.